The third-order valence-electron chi connectivity index (χ3n) is 6.23. The number of benzene rings is 3. The Hall–Kier alpha value is -3.92. The van der Waals surface area contributed by atoms with Crippen LogP contribution in [-0.4, -0.2) is 24.0 Å². The van der Waals surface area contributed by atoms with Crippen molar-refractivity contribution in [1.29, 1.82) is 0 Å². The lowest BCUT2D eigenvalue weighted by Crippen LogP contribution is -2.23. The Morgan fingerprint density at radius 3 is 2.61 bits per heavy atom. The predicted molar refractivity (Wildman–Crippen MR) is 135 cm³/mol. The van der Waals surface area contributed by atoms with Crippen LogP contribution in [0.2, 0.25) is 0 Å². The molecule has 1 aliphatic rings. The normalized spacial score (nSPS) is 12.5. The largest absolute Gasteiger partial charge is 0.371 e. The minimum atomic E-state index is -0.0869. The Balaban J connectivity index is 1.30. The maximum atomic E-state index is 13.2. The van der Waals surface area contributed by atoms with Gasteiger partial charge in [0.05, 0.1) is 0 Å². The van der Waals surface area contributed by atoms with Gasteiger partial charge in [0.25, 0.3) is 5.91 Å². The number of nitrogens with zero attached hydrogens (tertiary/aromatic N) is 2. The molecule has 5 rings (SSSR count). The van der Waals surface area contributed by atoms with Crippen molar-refractivity contribution in [2.75, 3.05) is 23.3 Å². The van der Waals surface area contributed by atoms with E-state index in [1.54, 1.807) is 0 Å². The van der Waals surface area contributed by atoms with Gasteiger partial charge in [-0.25, -0.2) is 0 Å². The Morgan fingerprint density at radius 2 is 1.79 bits per heavy atom. The molecule has 4 aromatic rings. The van der Waals surface area contributed by atoms with E-state index in [4.69, 9.17) is 0 Å². The fraction of sp³-hybridized carbons (Fsp3) is 0.172. The van der Waals surface area contributed by atoms with Gasteiger partial charge in [0, 0.05) is 48.3 Å². The summed E-state index contributed by atoms with van der Waals surface area (Å²) in [5.41, 5.74) is 8.35. The number of rotatable bonds is 6. The number of fused-ring (bicyclic) bond motifs is 1. The first kappa shape index (κ1) is 21.0. The van der Waals surface area contributed by atoms with Gasteiger partial charge >= 0.3 is 0 Å². The highest BCUT2D eigenvalue weighted by molar-refractivity contribution is 6.08. The quantitative estimate of drug-likeness (QED) is 0.411. The lowest BCUT2D eigenvalue weighted by molar-refractivity contribution is 0.102. The van der Waals surface area contributed by atoms with Gasteiger partial charge < -0.3 is 10.2 Å². The summed E-state index contributed by atoms with van der Waals surface area (Å²) in [7, 11) is 0. The fourth-order valence-electron chi connectivity index (χ4n) is 4.44. The van der Waals surface area contributed by atoms with E-state index in [0.29, 0.717) is 5.56 Å². The fourth-order valence-corrected chi connectivity index (χ4v) is 4.44. The molecule has 4 nitrogen and oxygen atoms in total. The van der Waals surface area contributed by atoms with Crippen LogP contribution in [0.25, 0.3) is 11.1 Å². The van der Waals surface area contributed by atoms with Gasteiger partial charge in [0.15, 0.2) is 0 Å². The Morgan fingerprint density at radius 1 is 0.970 bits per heavy atom. The second kappa shape index (κ2) is 9.29. The summed E-state index contributed by atoms with van der Waals surface area (Å²) in [6.45, 7) is 4.01. The van der Waals surface area contributed by atoms with E-state index in [0.717, 1.165) is 48.4 Å². The van der Waals surface area contributed by atoms with Crippen LogP contribution < -0.4 is 10.2 Å². The van der Waals surface area contributed by atoms with Crippen molar-refractivity contribution in [2.45, 2.75) is 19.8 Å². The van der Waals surface area contributed by atoms with E-state index in [1.807, 2.05) is 48.7 Å². The molecule has 1 amide bonds. The highest BCUT2D eigenvalue weighted by Gasteiger charge is 2.20. The smallest absolute Gasteiger partial charge is 0.256 e. The molecule has 4 heteroatoms. The van der Waals surface area contributed by atoms with Crippen molar-refractivity contribution in [3.63, 3.8) is 0 Å². The van der Waals surface area contributed by atoms with E-state index >= 15 is 0 Å². The molecule has 0 saturated heterocycles. The zero-order valence-electron chi connectivity index (χ0n) is 18.8. The van der Waals surface area contributed by atoms with Crippen LogP contribution >= 0.6 is 0 Å². The number of hydrogen-bond donors (Lipinski definition) is 1. The highest BCUT2D eigenvalue weighted by atomic mass is 16.1. The number of carbonyl (C=O) groups excluding carboxylic acids is 1. The van der Waals surface area contributed by atoms with Gasteiger partial charge in [-0.3, -0.25) is 9.78 Å². The summed E-state index contributed by atoms with van der Waals surface area (Å²) in [6, 6.07) is 28.4. The maximum Gasteiger partial charge on any atom is 0.256 e. The molecule has 0 unspecified atom stereocenters. The summed E-state index contributed by atoms with van der Waals surface area (Å²) in [6.07, 6.45) is 3.76. The van der Waals surface area contributed by atoms with Gasteiger partial charge in [-0.05, 0) is 66.4 Å². The first-order valence-corrected chi connectivity index (χ1v) is 11.4. The number of hydrogen-bond acceptors (Lipinski definition) is 3. The van der Waals surface area contributed by atoms with E-state index in [1.165, 1.54) is 16.8 Å². The van der Waals surface area contributed by atoms with Gasteiger partial charge in [0.1, 0.15) is 0 Å². The lowest BCUT2D eigenvalue weighted by atomic mass is 9.98. The molecule has 0 radical (unpaired) electrons. The first-order chi connectivity index (χ1) is 16.2. The molecule has 0 spiro atoms. The topological polar surface area (TPSA) is 45.2 Å². The molecule has 0 saturated carbocycles. The van der Waals surface area contributed by atoms with Crippen LogP contribution in [0.5, 0.6) is 0 Å². The molecule has 2 heterocycles. The van der Waals surface area contributed by atoms with Crippen LogP contribution in [0.15, 0.2) is 91.1 Å². The number of pyridine rings is 1. The summed E-state index contributed by atoms with van der Waals surface area (Å²) < 4.78 is 0. The third kappa shape index (κ3) is 4.65. The molecule has 0 bridgehead atoms. The van der Waals surface area contributed by atoms with Crippen LogP contribution in [0.1, 0.15) is 27.2 Å². The minimum Gasteiger partial charge on any atom is -0.371 e. The van der Waals surface area contributed by atoms with Crippen molar-refractivity contribution in [2.24, 2.45) is 0 Å². The molecule has 1 aromatic heterocycles. The number of aryl methyl sites for hydroxylation is 1. The number of carbonyl (C=O) groups is 1. The van der Waals surface area contributed by atoms with E-state index in [-0.39, 0.29) is 5.91 Å². The number of amides is 1. The Bertz CT molecular complexity index is 1270. The molecule has 164 valence electrons. The van der Waals surface area contributed by atoms with Crippen molar-refractivity contribution >= 4 is 17.3 Å². The van der Waals surface area contributed by atoms with Crippen LogP contribution in [0.3, 0.4) is 0 Å². The average molecular weight is 434 g/mol. The highest BCUT2D eigenvalue weighted by Crippen LogP contribution is 2.31. The zero-order valence-corrected chi connectivity index (χ0v) is 18.8. The van der Waals surface area contributed by atoms with Gasteiger partial charge in [-0.1, -0.05) is 54.1 Å². The average Bonchev–Trinajstić information content (AvgIpc) is 3.26. The molecule has 0 aliphatic carbocycles. The molecule has 0 atom stereocenters. The number of anilines is 2. The third-order valence-corrected chi connectivity index (χ3v) is 6.23. The zero-order chi connectivity index (χ0) is 22.6. The van der Waals surface area contributed by atoms with Crippen LogP contribution in [-0.2, 0) is 12.8 Å². The summed E-state index contributed by atoms with van der Waals surface area (Å²) in [4.78, 5) is 20.0. The van der Waals surface area contributed by atoms with Crippen molar-refractivity contribution in [1.82, 2.24) is 4.98 Å². The Kier molecular flexibility index (Phi) is 5.90. The molecule has 1 N–H and O–H groups in total. The number of aromatic nitrogens is 1. The van der Waals surface area contributed by atoms with E-state index in [9.17, 15) is 4.79 Å². The molecule has 1 aliphatic heterocycles. The summed E-state index contributed by atoms with van der Waals surface area (Å²) in [5, 5.41) is 3.11. The van der Waals surface area contributed by atoms with Crippen molar-refractivity contribution in [3.8, 4) is 11.1 Å². The first-order valence-electron chi connectivity index (χ1n) is 11.4. The lowest BCUT2D eigenvalue weighted by Gasteiger charge is -2.19. The van der Waals surface area contributed by atoms with Gasteiger partial charge in [0.2, 0.25) is 0 Å². The number of nitrogens with one attached hydrogen (secondary N) is 1. The molecule has 0 fully saturated rings. The van der Waals surface area contributed by atoms with Crippen LogP contribution in [0, 0.1) is 6.92 Å². The van der Waals surface area contributed by atoms with Crippen molar-refractivity contribution < 1.29 is 4.79 Å². The maximum absolute atomic E-state index is 13.2. The summed E-state index contributed by atoms with van der Waals surface area (Å²) >= 11 is 0. The van der Waals surface area contributed by atoms with Crippen molar-refractivity contribution in [3.05, 3.63) is 114 Å². The van der Waals surface area contributed by atoms with Crippen LogP contribution in [0.4, 0.5) is 11.4 Å². The van der Waals surface area contributed by atoms with Gasteiger partial charge in [-0.15, -0.1) is 0 Å². The molecular weight excluding hydrogens is 406 g/mol. The minimum absolute atomic E-state index is 0.0869. The second-order valence-electron chi connectivity index (χ2n) is 8.52. The van der Waals surface area contributed by atoms with E-state index in [2.05, 4.69) is 64.6 Å². The molecule has 3 aromatic carbocycles. The standard InChI is InChI=1S/C29H27N3O/c1-21-9-11-22(12-10-21)26-7-2-3-8-27(26)29(33)31-25-13-14-28-23(20-25)15-18-32(28)19-16-24-6-4-5-17-30-24/h2-14,17,20H,15-16,18-19H2,1H3,(H,31,33). The summed E-state index contributed by atoms with van der Waals surface area (Å²) in [5.74, 6) is -0.0869. The monoisotopic (exact) mass is 433 g/mol. The second-order valence-corrected chi connectivity index (χ2v) is 8.52. The Labute approximate surface area is 194 Å². The van der Waals surface area contributed by atoms with E-state index < -0.39 is 0 Å². The van der Waals surface area contributed by atoms with Gasteiger partial charge in [-0.2, -0.15) is 0 Å². The molecular formula is C29H27N3O. The predicted octanol–water partition coefficient (Wildman–Crippen LogP) is 5.91. The molecule has 33 heavy (non-hydrogen) atoms. The SMILES string of the molecule is Cc1ccc(-c2ccccc2C(=O)Nc2ccc3c(c2)CCN3CCc2ccccn2)cc1.